The normalized spacial score (nSPS) is 11.0. The summed E-state index contributed by atoms with van der Waals surface area (Å²) >= 11 is 0. The van der Waals surface area contributed by atoms with Crippen molar-refractivity contribution in [2.45, 2.75) is 13.8 Å². The van der Waals surface area contributed by atoms with Gasteiger partial charge in [-0.25, -0.2) is 9.97 Å². The summed E-state index contributed by atoms with van der Waals surface area (Å²) in [5.41, 5.74) is 5.28. The van der Waals surface area contributed by atoms with E-state index in [1.165, 1.54) is 0 Å². The minimum Gasteiger partial charge on any atom is -0.494 e. The van der Waals surface area contributed by atoms with Crippen molar-refractivity contribution in [1.82, 2.24) is 20.2 Å². The van der Waals surface area contributed by atoms with Crippen LogP contribution < -0.4 is 14.8 Å². The molecule has 1 aromatic heterocycles. The van der Waals surface area contributed by atoms with E-state index in [0.717, 1.165) is 46.1 Å². The average Bonchev–Trinajstić information content (AvgIpc) is 2.89. The number of benzene rings is 3. The van der Waals surface area contributed by atoms with Crippen LogP contribution in [0, 0.1) is 0 Å². The van der Waals surface area contributed by atoms with Crippen LogP contribution in [0.5, 0.6) is 11.5 Å². The van der Waals surface area contributed by atoms with Gasteiger partial charge in [-0.15, -0.1) is 0 Å². The lowest BCUT2D eigenvalue weighted by Crippen LogP contribution is -2.31. The molecule has 1 N–H and O–H groups in total. The summed E-state index contributed by atoms with van der Waals surface area (Å²) < 4.78 is 11.2. The lowest BCUT2D eigenvalue weighted by molar-refractivity contribution is 0.0951. The number of carbonyl (C=O) groups is 1. The Kier molecular flexibility index (Phi) is 8.13. The topological polar surface area (TPSA) is 76.6 Å². The van der Waals surface area contributed by atoms with Crippen molar-refractivity contribution >= 4 is 16.9 Å². The fourth-order valence-electron chi connectivity index (χ4n) is 3.84. The molecule has 1 heterocycles. The van der Waals surface area contributed by atoms with E-state index in [-0.39, 0.29) is 5.91 Å². The SMILES string of the molecule is CCOc1ccc(-c2nc3ccc(C(=O)NCCN(C)C)cc3nc2-c2ccc(OCC)cc2)cc1. The van der Waals surface area contributed by atoms with Gasteiger partial charge in [0.15, 0.2) is 0 Å². The minimum absolute atomic E-state index is 0.126. The molecule has 0 fully saturated rings. The van der Waals surface area contributed by atoms with Gasteiger partial charge in [0.2, 0.25) is 0 Å². The van der Waals surface area contributed by atoms with Gasteiger partial charge in [0.1, 0.15) is 11.5 Å². The average molecular weight is 485 g/mol. The summed E-state index contributed by atoms with van der Waals surface area (Å²) in [7, 11) is 3.95. The maximum atomic E-state index is 12.7. The van der Waals surface area contributed by atoms with E-state index in [1.54, 1.807) is 12.1 Å². The van der Waals surface area contributed by atoms with Crippen LogP contribution in [0.3, 0.4) is 0 Å². The first-order valence-corrected chi connectivity index (χ1v) is 12.2. The van der Waals surface area contributed by atoms with Crippen LogP contribution in [-0.4, -0.2) is 61.2 Å². The van der Waals surface area contributed by atoms with Gasteiger partial charge in [-0.2, -0.15) is 0 Å². The van der Waals surface area contributed by atoms with Crippen molar-refractivity contribution in [1.29, 1.82) is 0 Å². The zero-order chi connectivity index (χ0) is 25.5. The molecule has 186 valence electrons. The molecule has 36 heavy (non-hydrogen) atoms. The molecule has 7 nitrogen and oxygen atoms in total. The van der Waals surface area contributed by atoms with Crippen LogP contribution in [0.4, 0.5) is 0 Å². The number of hydrogen-bond acceptors (Lipinski definition) is 6. The molecule has 7 heteroatoms. The molecule has 1 amide bonds. The van der Waals surface area contributed by atoms with Crippen LogP contribution in [0.25, 0.3) is 33.5 Å². The van der Waals surface area contributed by atoms with E-state index in [1.807, 2.05) is 87.4 Å². The largest absolute Gasteiger partial charge is 0.494 e. The third-order valence-corrected chi connectivity index (χ3v) is 5.65. The lowest BCUT2D eigenvalue weighted by Gasteiger charge is -2.13. The highest BCUT2D eigenvalue weighted by molar-refractivity contribution is 5.98. The number of carbonyl (C=O) groups excluding carboxylic acids is 1. The number of nitrogens with one attached hydrogen (secondary N) is 1. The summed E-state index contributed by atoms with van der Waals surface area (Å²) in [6.07, 6.45) is 0. The Balaban J connectivity index is 1.76. The molecule has 0 radical (unpaired) electrons. The zero-order valence-electron chi connectivity index (χ0n) is 21.2. The molecular formula is C29H32N4O3. The van der Waals surface area contributed by atoms with Crippen molar-refractivity contribution in [3.63, 3.8) is 0 Å². The third kappa shape index (κ3) is 5.98. The fraction of sp³-hybridized carbons (Fsp3) is 0.276. The van der Waals surface area contributed by atoms with Crippen LogP contribution in [0.2, 0.25) is 0 Å². The minimum atomic E-state index is -0.126. The second-order valence-electron chi connectivity index (χ2n) is 8.60. The quantitative estimate of drug-likeness (QED) is 0.339. The Labute approximate surface area is 212 Å². The fourth-order valence-corrected chi connectivity index (χ4v) is 3.84. The van der Waals surface area contributed by atoms with Crippen LogP contribution in [0.15, 0.2) is 66.7 Å². The van der Waals surface area contributed by atoms with E-state index in [2.05, 4.69) is 5.32 Å². The van der Waals surface area contributed by atoms with Crippen molar-refractivity contribution in [2.24, 2.45) is 0 Å². The van der Waals surface area contributed by atoms with Crippen molar-refractivity contribution in [3.8, 4) is 34.0 Å². The number of fused-ring (bicyclic) bond motifs is 1. The summed E-state index contributed by atoms with van der Waals surface area (Å²) in [5.74, 6) is 1.48. The summed E-state index contributed by atoms with van der Waals surface area (Å²) in [6.45, 7) is 6.48. The van der Waals surface area contributed by atoms with E-state index in [0.29, 0.717) is 30.8 Å². The van der Waals surface area contributed by atoms with Gasteiger partial charge in [0, 0.05) is 29.8 Å². The summed E-state index contributed by atoms with van der Waals surface area (Å²) in [6, 6.07) is 21.1. The van der Waals surface area contributed by atoms with E-state index >= 15 is 0 Å². The van der Waals surface area contributed by atoms with Gasteiger partial charge in [0.25, 0.3) is 5.91 Å². The first-order valence-electron chi connectivity index (χ1n) is 12.2. The molecule has 0 saturated carbocycles. The second kappa shape index (κ2) is 11.6. The van der Waals surface area contributed by atoms with Gasteiger partial charge < -0.3 is 19.7 Å². The molecular weight excluding hydrogens is 452 g/mol. The number of amides is 1. The van der Waals surface area contributed by atoms with Gasteiger partial charge in [0.05, 0.1) is 35.6 Å². The molecule has 0 unspecified atom stereocenters. The molecule has 0 aliphatic carbocycles. The van der Waals surface area contributed by atoms with Crippen LogP contribution in [-0.2, 0) is 0 Å². The number of hydrogen-bond donors (Lipinski definition) is 1. The van der Waals surface area contributed by atoms with Gasteiger partial charge in [-0.1, -0.05) is 0 Å². The Hall–Kier alpha value is -3.97. The summed E-state index contributed by atoms with van der Waals surface area (Å²) in [4.78, 5) is 24.7. The standard InChI is InChI=1S/C29H32N4O3/c1-5-35-23-12-7-20(8-13-23)27-28(21-9-14-24(15-10-21)36-6-2)32-26-19-22(11-16-25(26)31-27)29(34)30-17-18-33(3)4/h7-16,19H,5-6,17-18H2,1-4H3,(H,30,34). The predicted molar refractivity (Wildman–Crippen MR) is 144 cm³/mol. The Morgan fingerprint density at radius 3 is 1.81 bits per heavy atom. The molecule has 0 saturated heterocycles. The molecule has 0 aliphatic rings. The Bertz CT molecular complexity index is 1320. The number of aromatic nitrogens is 2. The smallest absolute Gasteiger partial charge is 0.251 e. The van der Waals surface area contributed by atoms with Gasteiger partial charge >= 0.3 is 0 Å². The van der Waals surface area contributed by atoms with E-state index < -0.39 is 0 Å². The molecule has 0 spiro atoms. The third-order valence-electron chi connectivity index (χ3n) is 5.65. The predicted octanol–water partition coefficient (Wildman–Crippen LogP) is 5.05. The highest BCUT2D eigenvalue weighted by Gasteiger charge is 2.15. The lowest BCUT2D eigenvalue weighted by atomic mass is 10.0. The highest BCUT2D eigenvalue weighted by atomic mass is 16.5. The van der Waals surface area contributed by atoms with E-state index in [4.69, 9.17) is 19.4 Å². The number of likely N-dealkylation sites (N-methyl/N-ethyl adjacent to an activating group) is 1. The van der Waals surface area contributed by atoms with Gasteiger partial charge in [-0.05, 0) is 94.7 Å². The molecule has 3 aromatic carbocycles. The summed E-state index contributed by atoms with van der Waals surface area (Å²) in [5, 5.41) is 2.96. The molecule has 0 atom stereocenters. The molecule has 0 bridgehead atoms. The zero-order valence-corrected chi connectivity index (χ0v) is 21.2. The monoisotopic (exact) mass is 484 g/mol. The molecule has 4 rings (SSSR count). The maximum Gasteiger partial charge on any atom is 0.251 e. The number of rotatable bonds is 10. The molecule has 0 aliphatic heterocycles. The Morgan fingerprint density at radius 1 is 0.778 bits per heavy atom. The number of ether oxygens (including phenoxy) is 2. The van der Waals surface area contributed by atoms with Crippen LogP contribution >= 0.6 is 0 Å². The van der Waals surface area contributed by atoms with E-state index in [9.17, 15) is 4.79 Å². The second-order valence-corrected chi connectivity index (χ2v) is 8.60. The van der Waals surface area contributed by atoms with Crippen molar-refractivity contribution < 1.29 is 14.3 Å². The van der Waals surface area contributed by atoms with Gasteiger partial charge in [-0.3, -0.25) is 4.79 Å². The highest BCUT2D eigenvalue weighted by Crippen LogP contribution is 2.33. The maximum absolute atomic E-state index is 12.7. The Morgan fingerprint density at radius 2 is 1.31 bits per heavy atom. The molecule has 4 aromatic rings. The van der Waals surface area contributed by atoms with Crippen molar-refractivity contribution in [3.05, 3.63) is 72.3 Å². The first kappa shape index (κ1) is 25.1. The van der Waals surface area contributed by atoms with Crippen molar-refractivity contribution in [2.75, 3.05) is 40.4 Å². The van der Waals surface area contributed by atoms with Crippen LogP contribution in [0.1, 0.15) is 24.2 Å². The first-order chi connectivity index (χ1) is 17.5. The number of nitrogens with zero attached hydrogens (tertiary/aromatic N) is 3.